The molecule has 0 radical (unpaired) electrons. The summed E-state index contributed by atoms with van der Waals surface area (Å²) in [7, 11) is 0. The summed E-state index contributed by atoms with van der Waals surface area (Å²) in [5.74, 6) is -2.29. The van der Waals surface area contributed by atoms with E-state index in [2.05, 4.69) is 0 Å². The van der Waals surface area contributed by atoms with Crippen LogP contribution in [-0.2, 0) is 27.3 Å². The Balaban J connectivity index is 0.000000523. The summed E-state index contributed by atoms with van der Waals surface area (Å²) in [6.07, 6.45) is 0. The summed E-state index contributed by atoms with van der Waals surface area (Å²) >= 11 is 0. The van der Waals surface area contributed by atoms with E-state index in [0.717, 1.165) is 0 Å². The van der Waals surface area contributed by atoms with Crippen LogP contribution >= 0.6 is 0 Å². The molecule has 2 rings (SSSR count). The van der Waals surface area contributed by atoms with Gasteiger partial charge in [-0.25, -0.2) is 9.59 Å². The fourth-order valence-corrected chi connectivity index (χ4v) is 2.66. The van der Waals surface area contributed by atoms with Crippen molar-refractivity contribution >= 4 is 11.9 Å². The number of carboxylic acids is 2. The van der Waals surface area contributed by atoms with E-state index >= 15 is 0 Å². The van der Waals surface area contributed by atoms with Crippen molar-refractivity contribution < 1.29 is 46.5 Å². The number of carbonyl (C=O) groups is 2. The number of hydrogen-bond donors (Lipinski definition) is 2. The molecule has 0 aromatic heterocycles. The molecule has 0 unspecified atom stereocenters. The maximum absolute atomic E-state index is 11.1. The fraction of sp³-hybridized carbons (Fsp3) is 0.364. The predicted octanol–water partition coefficient (Wildman–Crippen LogP) is 3.51. The zero-order valence-electron chi connectivity index (χ0n) is 17.3. The van der Waals surface area contributed by atoms with Gasteiger partial charge in [0.2, 0.25) is 0 Å². The topological polar surface area (TPSA) is 121 Å². The molecule has 0 aliphatic rings. The quantitative estimate of drug-likeness (QED) is 0.683. The van der Waals surface area contributed by atoms with Crippen LogP contribution in [0.25, 0.3) is 0 Å². The molecular formula is C22H26NiO6. The second-order valence-electron chi connectivity index (χ2n) is 8.53. The van der Waals surface area contributed by atoms with Crippen molar-refractivity contribution in [3.8, 4) is 11.5 Å². The second-order valence-corrected chi connectivity index (χ2v) is 8.53. The zero-order chi connectivity index (χ0) is 21.9. The molecule has 29 heavy (non-hydrogen) atoms. The summed E-state index contributed by atoms with van der Waals surface area (Å²) in [5, 5.41) is 40.1. The van der Waals surface area contributed by atoms with E-state index < -0.39 is 11.9 Å². The average molecular weight is 445 g/mol. The molecule has 0 heterocycles. The van der Waals surface area contributed by atoms with Gasteiger partial charge in [0.15, 0.2) is 0 Å². The van der Waals surface area contributed by atoms with Crippen molar-refractivity contribution in [3.63, 3.8) is 0 Å². The molecule has 160 valence electrons. The van der Waals surface area contributed by atoms with Gasteiger partial charge in [-0.1, -0.05) is 65.8 Å². The molecule has 0 fully saturated rings. The van der Waals surface area contributed by atoms with Gasteiger partial charge in [-0.15, -0.1) is 11.5 Å². The van der Waals surface area contributed by atoms with Gasteiger partial charge in [-0.2, -0.15) is 0 Å². The Morgan fingerprint density at radius 2 is 0.966 bits per heavy atom. The molecule has 0 amide bonds. The smallest absolute Gasteiger partial charge is 0.872 e. The predicted molar refractivity (Wildman–Crippen MR) is 103 cm³/mol. The van der Waals surface area contributed by atoms with Crippen LogP contribution in [0, 0.1) is 0 Å². The molecule has 0 spiro atoms. The first kappa shape index (κ1) is 26.5. The van der Waals surface area contributed by atoms with Crippen LogP contribution < -0.4 is 10.2 Å². The minimum absolute atomic E-state index is 0. The minimum atomic E-state index is -0.991. The Hall–Kier alpha value is -2.53. The third kappa shape index (κ3) is 7.43. The Bertz CT molecular complexity index is 802. The molecule has 2 aromatic carbocycles. The largest absolute Gasteiger partial charge is 2.00 e. The van der Waals surface area contributed by atoms with E-state index in [1.165, 1.54) is 36.4 Å². The summed E-state index contributed by atoms with van der Waals surface area (Å²) in [6, 6.07) is 8.07. The number of rotatable bonds is 2. The van der Waals surface area contributed by atoms with Gasteiger partial charge < -0.3 is 20.4 Å². The molecule has 0 aliphatic carbocycles. The molecule has 7 heteroatoms. The first-order valence-electron chi connectivity index (χ1n) is 8.74. The van der Waals surface area contributed by atoms with Crippen molar-refractivity contribution in [2.75, 3.05) is 0 Å². The molecule has 6 nitrogen and oxygen atoms in total. The van der Waals surface area contributed by atoms with Crippen molar-refractivity contribution in [3.05, 3.63) is 58.7 Å². The van der Waals surface area contributed by atoms with E-state index in [1.54, 1.807) is 0 Å². The van der Waals surface area contributed by atoms with Crippen LogP contribution in [0.4, 0.5) is 0 Å². The molecule has 0 saturated carbocycles. The van der Waals surface area contributed by atoms with Gasteiger partial charge in [0.1, 0.15) is 0 Å². The molecule has 2 aromatic rings. The third-order valence-corrected chi connectivity index (χ3v) is 4.06. The minimum Gasteiger partial charge on any atom is -0.872 e. The molecule has 0 aliphatic heterocycles. The van der Waals surface area contributed by atoms with E-state index in [-0.39, 0.29) is 49.9 Å². The molecule has 0 saturated heterocycles. The molecule has 0 atom stereocenters. The van der Waals surface area contributed by atoms with Crippen LogP contribution in [0.5, 0.6) is 11.5 Å². The first-order chi connectivity index (χ1) is 12.6. The second kappa shape index (κ2) is 9.79. The van der Waals surface area contributed by atoms with Gasteiger partial charge in [-0.05, 0) is 34.1 Å². The molecule has 0 bridgehead atoms. The summed E-state index contributed by atoms with van der Waals surface area (Å²) < 4.78 is 0. The van der Waals surface area contributed by atoms with Crippen LogP contribution in [0.1, 0.15) is 73.4 Å². The summed E-state index contributed by atoms with van der Waals surface area (Å²) in [5.41, 5.74) is 0.923. The van der Waals surface area contributed by atoms with Gasteiger partial charge in [-0.3, -0.25) is 0 Å². The van der Waals surface area contributed by atoms with E-state index in [4.69, 9.17) is 10.2 Å². The summed E-state index contributed by atoms with van der Waals surface area (Å²) in [6.45, 7) is 11.3. The van der Waals surface area contributed by atoms with Gasteiger partial charge in [0, 0.05) is 0 Å². The third-order valence-electron chi connectivity index (χ3n) is 4.06. The average Bonchev–Trinajstić information content (AvgIpc) is 2.53. The van der Waals surface area contributed by atoms with Gasteiger partial charge in [0.25, 0.3) is 0 Å². The number of benzene rings is 2. The van der Waals surface area contributed by atoms with Crippen LogP contribution in [-0.4, -0.2) is 22.2 Å². The SMILES string of the molecule is CC(C)(C)c1cc([O-])ccc1C(=O)O.CC(C)(C)c1cc([O-])ccc1C(=O)O.[Ni+2]. The number of aromatic carboxylic acids is 2. The monoisotopic (exact) mass is 444 g/mol. The van der Waals surface area contributed by atoms with E-state index in [1.807, 2.05) is 41.5 Å². The summed E-state index contributed by atoms with van der Waals surface area (Å²) in [4.78, 5) is 21.8. The Morgan fingerprint density at radius 1 is 0.690 bits per heavy atom. The Morgan fingerprint density at radius 3 is 1.17 bits per heavy atom. The van der Waals surface area contributed by atoms with Crippen LogP contribution in [0.2, 0.25) is 0 Å². The molecule has 2 N–H and O–H groups in total. The number of hydrogen-bond acceptors (Lipinski definition) is 4. The Labute approximate surface area is 181 Å². The maximum Gasteiger partial charge on any atom is 2.00 e. The Kier molecular flexibility index (Phi) is 8.94. The van der Waals surface area contributed by atoms with Crippen molar-refractivity contribution in [1.82, 2.24) is 0 Å². The fourth-order valence-electron chi connectivity index (χ4n) is 2.66. The van der Waals surface area contributed by atoms with Gasteiger partial charge >= 0.3 is 28.4 Å². The number of carboxylic acid groups (broad SMARTS) is 2. The standard InChI is InChI=1S/2C11H14O3.Ni/c2*1-11(2,3)9-6-7(12)4-5-8(9)10(13)14;/h2*4-6,12H,1-3H3,(H,13,14);/q;;+2/p-2. The van der Waals surface area contributed by atoms with Crippen molar-refractivity contribution in [2.24, 2.45) is 0 Å². The van der Waals surface area contributed by atoms with Crippen molar-refractivity contribution in [2.45, 2.75) is 52.4 Å². The van der Waals surface area contributed by atoms with Crippen LogP contribution in [0.3, 0.4) is 0 Å². The first-order valence-corrected chi connectivity index (χ1v) is 8.74. The van der Waals surface area contributed by atoms with E-state index in [0.29, 0.717) is 11.1 Å². The zero-order valence-corrected chi connectivity index (χ0v) is 18.3. The maximum atomic E-state index is 11.1. The van der Waals surface area contributed by atoms with Crippen molar-refractivity contribution in [1.29, 1.82) is 0 Å². The molecular weight excluding hydrogens is 419 g/mol. The normalized spacial score (nSPS) is 11.0. The van der Waals surface area contributed by atoms with E-state index in [9.17, 15) is 19.8 Å². The van der Waals surface area contributed by atoms with Gasteiger partial charge in [0.05, 0.1) is 11.1 Å². The van der Waals surface area contributed by atoms with Crippen LogP contribution in [0.15, 0.2) is 36.4 Å².